The first-order valence-electron chi connectivity index (χ1n) is 9.98. The second kappa shape index (κ2) is 6.56. The quantitative estimate of drug-likeness (QED) is 0.346. The van der Waals surface area contributed by atoms with Crippen LogP contribution in [-0.2, 0) is 5.41 Å². The Hall–Kier alpha value is -3.92. The van der Waals surface area contributed by atoms with Crippen molar-refractivity contribution < 1.29 is 8.83 Å². The molecule has 0 radical (unpaired) electrons. The molecule has 0 spiro atoms. The molecular formula is C26H18N2O2. The number of benzene rings is 3. The van der Waals surface area contributed by atoms with Crippen LogP contribution in [0.5, 0.6) is 0 Å². The fourth-order valence-electron chi connectivity index (χ4n) is 4.00. The van der Waals surface area contributed by atoms with Crippen LogP contribution in [0.25, 0.3) is 22.2 Å². The molecular weight excluding hydrogens is 372 g/mol. The molecule has 4 nitrogen and oxygen atoms in total. The number of hydrogen-bond acceptors (Lipinski definition) is 4. The van der Waals surface area contributed by atoms with E-state index in [1.165, 1.54) is 5.56 Å². The van der Waals surface area contributed by atoms with Crippen LogP contribution in [0, 0.1) is 0 Å². The molecule has 0 fully saturated rings. The SMILES string of the molecule is C1=CC(c2nc3ccccc3o2)(c2nc3ccccc3o2)C=CC1c1ccccc1. The van der Waals surface area contributed by atoms with Crippen LogP contribution in [-0.4, -0.2) is 9.97 Å². The van der Waals surface area contributed by atoms with Gasteiger partial charge in [0.05, 0.1) is 0 Å². The molecule has 0 saturated heterocycles. The summed E-state index contributed by atoms with van der Waals surface area (Å²) in [5.41, 5.74) is 3.55. The van der Waals surface area contributed by atoms with Crippen molar-refractivity contribution in [2.45, 2.75) is 11.3 Å². The van der Waals surface area contributed by atoms with E-state index in [0.29, 0.717) is 11.8 Å². The Labute approximate surface area is 173 Å². The summed E-state index contributed by atoms with van der Waals surface area (Å²) >= 11 is 0. The second-order valence-electron chi connectivity index (χ2n) is 7.50. The lowest BCUT2D eigenvalue weighted by atomic mass is 9.79. The molecule has 0 unspecified atom stereocenters. The van der Waals surface area contributed by atoms with Gasteiger partial charge in [-0.05, 0) is 29.8 Å². The Balaban J connectivity index is 1.53. The minimum absolute atomic E-state index is 0.174. The molecule has 5 aromatic rings. The monoisotopic (exact) mass is 390 g/mol. The Bertz CT molecular complexity index is 1250. The van der Waals surface area contributed by atoms with Crippen molar-refractivity contribution in [2.24, 2.45) is 0 Å². The van der Waals surface area contributed by atoms with Crippen LogP contribution >= 0.6 is 0 Å². The lowest BCUT2D eigenvalue weighted by Crippen LogP contribution is -2.26. The number of allylic oxidation sites excluding steroid dienone is 4. The van der Waals surface area contributed by atoms with Crippen molar-refractivity contribution in [3.8, 4) is 0 Å². The van der Waals surface area contributed by atoms with Crippen LogP contribution in [0.15, 0.2) is 112 Å². The molecule has 144 valence electrons. The fraction of sp³-hybridized carbons (Fsp3) is 0.0769. The number of para-hydroxylation sites is 4. The molecule has 2 aromatic heterocycles. The van der Waals surface area contributed by atoms with E-state index >= 15 is 0 Å². The summed E-state index contributed by atoms with van der Waals surface area (Å²) in [6, 6.07) is 26.0. The molecule has 2 heterocycles. The Kier molecular flexibility index (Phi) is 3.71. The highest BCUT2D eigenvalue weighted by atomic mass is 16.4. The average molecular weight is 390 g/mol. The molecule has 0 bridgehead atoms. The number of oxazole rings is 2. The topological polar surface area (TPSA) is 52.1 Å². The number of fused-ring (bicyclic) bond motifs is 2. The molecule has 1 aliphatic rings. The van der Waals surface area contributed by atoms with Gasteiger partial charge in [-0.15, -0.1) is 0 Å². The highest BCUT2D eigenvalue weighted by Crippen LogP contribution is 2.41. The van der Waals surface area contributed by atoms with Gasteiger partial charge in [-0.1, -0.05) is 78.9 Å². The van der Waals surface area contributed by atoms with E-state index in [0.717, 1.165) is 22.2 Å². The lowest BCUT2D eigenvalue weighted by molar-refractivity contribution is 0.411. The van der Waals surface area contributed by atoms with Gasteiger partial charge in [0.15, 0.2) is 16.6 Å². The Morgan fingerprint density at radius 3 is 1.63 bits per heavy atom. The summed E-state index contributed by atoms with van der Waals surface area (Å²) in [7, 11) is 0. The van der Waals surface area contributed by atoms with Crippen LogP contribution in [0.2, 0.25) is 0 Å². The molecule has 4 heteroatoms. The minimum atomic E-state index is -0.802. The van der Waals surface area contributed by atoms with Crippen LogP contribution < -0.4 is 0 Å². The fourth-order valence-corrected chi connectivity index (χ4v) is 4.00. The van der Waals surface area contributed by atoms with E-state index < -0.39 is 5.41 Å². The summed E-state index contributed by atoms with van der Waals surface area (Å²) in [4.78, 5) is 9.57. The van der Waals surface area contributed by atoms with Crippen molar-refractivity contribution in [3.63, 3.8) is 0 Å². The van der Waals surface area contributed by atoms with Gasteiger partial charge in [0, 0.05) is 5.92 Å². The maximum absolute atomic E-state index is 6.19. The summed E-state index contributed by atoms with van der Waals surface area (Å²) in [6.07, 6.45) is 8.53. The van der Waals surface area contributed by atoms with Crippen LogP contribution in [0.3, 0.4) is 0 Å². The molecule has 30 heavy (non-hydrogen) atoms. The summed E-state index contributed by atoms with van der Waals surface area (Å²) < 4.78 is 12.4. The molecule has 0 saturated carbocycles. The summed E-state index contributed by atoms with van der Waals surface area (Å²) in [5, 5.41) is 0. The van der Waals surface area contributed by atoms with Gasteiger partial charge in [0.25, 0.3) is 0 Å². The normalized spacial score (nSPS) is 15.9. The standard InChI is InChI=1S/C26H18N2O2/c1-2-8-18(9-3-1)19-14-16-26(17-15-19,24-27-20-10-4-6-12-22(20)29-24)25-28-21-11-5-7-13-23(21)30-25/h1-17,19H. The number of rotatable bonds is 3. The third kappa shape index (κ3) is 2.61. The van der Waals surface area contributed by atoms with E-state index in [1.54, 1.807) is 0 Å². The maximum Gasteiger partial charge on any atom is 0.218 e. The highest BCUT2D eigenvalue weighted by Gasteiger charge is 2.41. The largest absolute Gasteiger partial charge is 0.439 e. The molecule has 0 N–H and O–H groups in total. The first-order chi connectivity index (χ1) is 14.8. The van der Waals surface area contributed by atoms with Crippen molar-refractivity contribution in [1.82, 2.24) is 9.97 Å². The molecule has 0 atom stereocenters. The Morgan fingerprint density at radius 2 is 1.10 bits per heavy atom. The molecule has 6 rings (SSSR count). The zero-order valence-corrected chi connectivity index (χ0v) is 16.1. The van der Waals surface area contributed by atoms with Crippen molar-refractivity contribution in [2.75, 3.05) is 0 Å². The van der Waals surface area contributed by atoms with E-state index in [4.69, 9.17) is 18.8 Å². The molecule has 1 aliphatic carbocycles. The average Bonchev–Trinajstić information content (AvgIpc) is 3.44. The van der Waals surface area contributed by atoms with Gasteiger partial charge in [0.1, 0.15) is 11.0 Å². The number of hydrogen-bond donors (Lipinski definition) is 0. The van der Waals surface area contributed by atoms with Gasteiger partial charge >= 0.3 is 0 Å². The predicted molar refractivity (Wildman–Crippen MR) is 116 cm³/mol. The zero-order valence-electron chi connectivity index (χ0n) is 16.1. The third-order valence-corrected chi connectivity index (χ3v) is 5.61. The van der Waals surface area contributed by atoms with Gasteiger partial charge in [0.2, 0.25) is 11.8 Å². The van der Waals surface area contributed by atoms with Crippen molar-refractivity contribution >= 4 is 22.2 Å². The lowest BCUT2D eigenvalue weighted by Gasteiger charge is -2.25. The molecule has 0 aliphatic heterocycles. The second-order valence-corrected chi connectivity index (χ2v) is 7.50. The van der Waals surface area contributed by atoms with Crippen LogP contribution in [0.4, 0.5) is 0 Å². The van der Waals surface area contributed by atoms with Gasteiger partial charge in [-0.25, -0.2) is 9.97 Å². The van der Waals surface area contributed by atoms with E-state index in [9.17, 15) is 0 Å². The van der Waals surface area contributed by atoms with E-state index in [-0.39, 0.29) is 5.92 Å². The van der Waals surface area contributed by atoms with Gasteiger partial charge < -0.3 is 8.83 Å². The summed E-state index contributed by atoms with van der Waals surface area (Å²) in [6.45, 7) is 0. The highest BCUT2D eigenvalue weighted by molar-refractivity contribution is 5.74. The van der Waals surface area contributed by atoms with Gasteiger partial charge in [-0.3, -0.25) is 0 Å². The van der Waals surface area contributed by atoms with E-state index in [1.807, 2.05) is 54.6 Å². The van der Waals surface area contributed by atoms with Crippen LogP contribution in [0.1, 0.15) is 23.3 Å². The minimum Gasteiger partial charge on any atom is -0.439 e. The number of aromatic nitrogens is 2. The zero-order chi connectivity index (χ0) is 20.0. The Morgan fingerprint density at radius 1 is 0.600 bits per heavy atom. The van der Waals surface area contributed by atoms with Crippen molar-refractivity contribution in [1.29, 1.82) is 0 Å². The first-order valence-corrected chi connectivity index (χ1v) is 9.98. The van der Waals surface area contributed by atoms with E-state index in [2.05, 4.69) is 48.6 Å². The smallest absolute Gasteiger partial charge is 0.218 e. The van der Waals surface area contributed by atoms with Gasteiger partial charge in [-0.2, -0.15) is 0 Å². The first kappa shape index (κ1) is 17.0. The summed E-state index contributed by atoms with van der Waals surface area (Å²) in [5.74, 6) is 1.27. The third-order valence-electron chi connectivity index (χ3n) is 5.61. The molecule has 0 amide bonds. The van der Waals surface area contributed by atoms with Crippen molar-refractivity contribution in [3.05, 3.63) is 121 Å². The maximum atomic E-state index is 6.19. The molecule has 3 aromatic carbocycles. The predicted octanol–water partition coefficient (Wildman–Crippen LogP) is 6.16. The number of nitrogens with zero attached hydrogens (tertiary/aromatic N) is 2.